The normalized spacial score (nSPS) is 17.0. The lowest BCUT2D eigenvalue weighted by Gasteiger charge is -2.04. The summed E-state index contributed by atoms with van der Waals surface area (Å²) in [4.78, 5) is 0. The van der Waals surface area contributed by atoms with Crippen molar-refractivity contribution in [2.45, 2.75) is 19.3 Å². The molecule has 0 aliphatic heterocycles. The zero-order valence-corrected chi connectivity index (χ0v) is 11.5. The van der Waals surface area contributed by atoms with E-state index in [9.17, 15) is 0 Å². The highest BCUT2D eigenvalue weighted by atomic mass is 16.5. The number of nitriles is 2. The molecule has 0 spiro atoms. The Balaban J connectivity index is 2.02. The Kier molecular flexibility index (Phi) is 5.20. The topological polar surface area (TPSA) is 66.0 Å². The van der Waals surface area contributed by atoms with Crippen molar-refractivity contribution in [2.24, 2.45) is 0 Å². The van der Waals surface area contributed by atoms with Gasteiger partial charge in [-0.25, -0.2) is 0 Å². The van der Waals surface area contributed by atoms with E-state index in [0.29, 0.717) is 11.5 Å². The Bertz CT molecular complexity index is 662. The molecule has 21 heavy (non-hydrogen) atoms. The maximum absolute atomic E-state index is 8.52. The van der Waals surface area contributed by atoms with Gasteiger partial charge in [0.15, 0.2) is 0 Å². The van der Waals surface area contributed by atoms with Gasteiger partial charge in [-0.15, -0.1) is 10.5 Å². The molecule has 0 saturated carbocycles. The molecule has 0 bridgehead atoms. The second-order valence-electron chi connectivity index (χ2n) is 4.52. The van der Waals surface area contributed by atoms with E-state index < -0.39 is 0 Å². The molecule has 0 unspecified atom stereocenters. The summed E-state index contributed by atoms with van der Waals surface area (Å²) in [6.07, 6.45) is 21.0. The van der Waals surface area contributed by atoms with Crippen LogP contribution < -0.4 is 0 Å². The van der Waals surface area contributed by atoms with Gasteiger partial charge in [-0.2, -0.15) is 0 Å². The van der Waals surface area contributed by atoms with Crippen molar-refractivity contribution in [2.75, 3.05) is 0 Å². The zero-order chi connectivity index (χ0) is 14.9. The summed E-state index contributed by atoms with van der Waals surface area (Å²) in [7, 11) is 0. The number of hydrogen-bond donors (Lipinski definition) is 0. The van der Waals surface area contributed by atoms with Gasteiger partial charge in [0.05, 0.1) is 0 Å². The van der Waals surface area contributed by atoms with Gasteiger partial charge in [0.1, 0.15) is 11.5 Å². The summed E-state index contributed by atoms with van der Waals surface area (Å²) in [6, 6.07) is 0. The highest BCUT2D eigenvalue weighted by molar-refractivity contribution is 5.36. The summed E-state index contributed by atoms with van der Waals surface area (Å²) in [5, 5.41) is 17.0. The van der Waals surface area contributed by atoms with Crippen molar-refractivity contribution in [1.82, 2.24) is 0 Å². The Morgan fingerprint density at radius 1 is 0.952 bits per heavy atom. The molecule has 0 aromatic heterocycles. The number of rotatable bonds is 4. The molecule has 0 fully saturated rings. The van der Waals surface area contributed by atoms with Crippen LogP contribution in [0.1, 0.15) is 19.3 Å². The molecule has 0 N–H and O–H groups in total. The fraction of sp³-hybridized carbons (Fsp3) is 0.176. The molecule has 2 aliphatic rings. The average Bonchev–Trinajstić information content (AvgIpc) is 2.82. The summed E-state index contributed by atoms with van der Waals surface area (Å²) < 4.78 is 9.64. The van der Waals surface area contributed by atoms with E-state index in [0.717, 1.165) is 19.3 Å². The molecule has 2 rings (SSSR count). The van der Waals surface area contributed by atoms with Crippen LogP contribution in [0.4, 0.5) is 0 Å². The van der Waals surface area contributed by atoms with Gasteiger partial charge >= 0.3 is 0 Å². The molecule has 2 aliphatic carbocycles. The smallest absolute Gasteiger partial charge is 0.292 e. The van der Waals surface area contributed by atoms with Crippen LogP contribution in [0.2, 0.25) is 0 Å². The van der Waals surface area contributed by atoms with Crippen molar-refractivity contribution in [1.29, 1.82) is 10.5 Å². The number of nitrogens with zero attached hydrogens (tertiary/aromatic N) is 2. The van der Waals surface area contributed by atoms with Gasteiger partial charge in [0, 0.05) is 0 Å². The van der Waals surface area contributed by atoms with Gasteiger partial charge in [0.2, 0.25) is 0 Å². The number of ether oxygens (including phenoxy) is 2. The third-order valence-corrected chi connectivity index (χ3v) is 3.06. The quantitative estimate of drug-likeness (QED) is 0.731. The van der Waals surface area contributed by atoms with Crippen LogP contribution in [0.25, 0.3) is 0 Å². The van der Waals surface area contributed by atoms with Crippen LogP contribution in [0.15, 0.2) is 71.3 Å². The molecule has 0 saturated heterocycles. The van der Waals surface area contributed by atoms with Crippen LogP contribution >= 0.6 is 0 Å². The first-order valence-electron chi connectivity index (χ1n) is 6.57. The van der Waals surface area contributed by atoms with Gasteiger partial charge in [-0.05, 0) is 49.1 Å². The summed E-state index contributed by atoms with van der Waals surface area (Å²) in [5.74, 6) is 1.12. The van der Waals surface area contributed by atoms with Gasteiger partial charge < -0.3 is 9.47 Å². The van der Waals surface area contributed by atoms with Crippen LogP contribution in [0.3, 0.4) is 0 Å². The monoisotopic (exact) mass is 278 g/mol. The maximum Gasteiger partial charge on any atom is 0.292 e. The second kappa shape index (κ2) is 7.57. The fourth-order valence-electron chi connectivity index (χ4n) is 2.08. The van der Waals surface area contributed by atoms with Crippen molar-refractivity contribution < 1.29 is 9.47 Å². The van der Waals surface area contributed by atoms with E-state index in [-0.39, 0.29) is 0 Å². The highest BCUT2D eigenvalue weighted by Crippen LogP contribution is 2.22. The largest absolute Gasteiger partial charge is 0.388 e. The fourth-order valence-corrected chi connectivity index (χ4v) is 2.08. The third kappa shape index (κ3) is 4.56. The zero-order valence-electron chi connectivity index (χ0n) is 11.5. The molecule has 4 heteroatoms. The maximum atomic E-state index is 8.52. The lowest BCUT2D eigenvalue weighted by atomic mass is 10.0. The number of hydrogen-bond acceptors (Lipinski definition) is 4. The summed E-state index contributed by atoms with van der Waals surface area (Å²) >= 11 is 0. The predicted octanol–water partition coefficient (Wildman–Crippen LogP) is 3.91. The molecular weight excluding hydrogens is 264 g/mol. The Morgan fingerprint density at radius 3 is 2.57 bits per heavy atom. The first-order valence-corrected chi connectivity index (χ1v) is 6.57. The molecule has 0 amide bonds. The van der Waals surface area contributed by atoms with E-state index in [4.69, 9.17) is 20.0 Å². The van der Waals surface area contributed by atoms with E-state index >= 15 is 0 Å². The molecule has 0 aromatic rings. The van der Waals surface area contributed by atoms with Crippen molar-refractivity contribution >= 4 is 0 Å². The minimum atomic E-state index is 0.546. The van der Waals surface area contributed by atoms with E-state index in [1.54, 1.807) is 30.7 Å². The Morgan fingerprint density at radius 2 is 1.76 bits per heavy atom. The van der Waals surface area contributed by atoms with Crippen LogP contribution in [0, 0.1) is 23.0 Å². The SMILES string of the molecule is N#COC1=CC=C(CC2=CCC=C(OC#N)C=C2)CC=C1. The molecule has 0 radical (unpaired) electrons. The third-order valence-electron chi connectivity index (χ3n) is 3.06. The second-order valence-corrected chi connectivity index (χ2v) is 4.52. The van der Waals surface area contributed by atoms with Crippen molar-refractivity contribution in [3.8, 4) is 12.5 Å². The molecule has 0 heterocycles. The average molecular weight is 278 g/mol. The van der Waals surface area contributed by atoms with Gasteiger partial charge in [-0.1, -0.05) is 29.9 Å². The summed E-state index contributed by atoms with van der Waals surface area (Å²) in [5.41, 5.74) is 2.39. The molecule has 104 valence electrons. The standard InChI is InChI=1S/C17H14N2O2/c18-12-20-16-5-1-3-14(7-9-16)11-15-4-2-6-17(10-8-15)21-13-19/h1,4-10H,2-3,11H2. The first kappa shape index (κ1) is 14.4. The molecule has 0 aromatic carbocycles. The van der Waals surface area contributed by atoms with Crippen LogP contribution in [0.5, 0.6) is 0 Å². The van der Waals surface area contributed by atoms with E-state index in [1.165, 1.54) is 11.1 Å². The Labute approximate surface area is 123 Å². The highest BCUT2D eigenvalue weighted by Gasteiger charge is 2.05. The van der Waals surface area contributed by atoms with Crippen molar-refractivity contribution in [3.63, 3.8) is 0 Å². The molecule has 0 atom stereocenters. The molecular formula is C17H14N2O2. The minimum absolute atomic E-state index is 0.546. The summed E-state index contributed by atoms with van der Waals surface area (Å²) in [6.45, 7) is 0. The van der Waals surface area contributed by atoms with Gasteiger partial charge in [0.25, 0.3) is 12.5 Å². The molecule has 4 nitrogen and oxygen atoms in total. The first-order chi connectivity index (χ1) is 10.3. The lowest BCUT2D eigenvalue weighted by Crippen LogP contribution is -1.85. The minimum Gasteiger partial charge on any atom is -0.388 e. The Hall–Kier alpha value is -2.98. The number of allylic oxidation sites excluding steroid dienone is 10. The lowest BCUT2D eigenvalue weighted by molar-refractivity contribution is 0.391. The van der Waals surface area contributed by atoms with Crippen molar-refractivity contribution in [3.05, 3.63) is 71.3 Å². The van der Waals surface area contributed by atoms with Gasteiger partial charge in [-0.3, -0.25) is 0 Å². The van der Waals surface area contributed by atoms with Crippen LogP contribution in [-0.4, -0.2) is 0 Å². The van der Waals surface area contributed by atoms with Crippen LogP contribution in [-0.2, 0) is 9.47 Å². The van der Waals surface area contributed by atoms with E-state index in [2.05, 4.69) is 6.08 Å². The van der Waals surface area contributed by atoms with E-state index in [1.807, 2.05) is 24.3 Å². The predicted molar refractivity (Wildman–Crippen MR) is 77.9 cm³/mol.